The normalized spacial score (nSPS) is 8.75. The molecule has 0 aliphatic rings. The Morgan fingerprint density at radius 3 is 2.50 bits per heavy atom. The topological polar surface area (TPSA) is 9.23 Å². The average Bonchev–Trinajstić information content (AvgIpc) is 1.68. The molecule has 0 aliphatic heterocycles. The zero-order valence-electron chi connectivity index (χ0n) is 5.44. The second-order valence-electron chi connectivity index (χ2n) is 1.56. The summed E-state index contributed by atoms with van der Waals surface area (Å²) in [6.45, 7) is 4.91. The van der Waals surface area contributed by atoms with Crippen molar-refractivity contribution >= 4 is 20.2 Å². The van der Waals surface area contributed by atoms with Gasteiger partial charge in [0.2, 0.25) is 0 Å². The van der Waals surface area contributed by atoms with Gasteiger partial charge in [0.15, 0.2) is 0 Å². The quantitative estimate of drug-likeness (QED) is 0.587. The van der Waals surface area contributed by atoms with Crippen LogP contribution in [-0.2, 0) is 4.74 Å². The van der Waals surface area contributed by atoms with Crippen molar-refractivity contribution in [2.45, 2.75) is 26.7 Å². The summed E-state index contributed by atoms with van der Waals surface area (Å²) in [4.78, 5) is 0. The van der Waals surface area contributed by atoms with E-state index in [0.29, 0.717) is 0 Å². The third-order valence-corrected chi connectivity index (χ3v) is 1.43. The minimum absolute atomic E-state index is 0.780. The second-order valence-corrected chi connectivity index (χ2v) is 2.51. The molecule has 0 aromatic heterocycles. The van der Waals surface area contributed by atoms with Crippen LogP contribution in [0.5, 0.6) is 0 Å². The summed E-state index contributed by atoms with van der Waals surface area (Å²) in [5, 5.41) is 0. The first-order valence-electron chi connectivity index (χ1n) is 2.96. The van der Waals surface area contributed by atoms with Crippen molar-refractivity contribution in [3.63, 3.8) is 0 Å². The molecule has 0 radical (unpaired) electrons. The monoisotopic (exact) mass is 180 g/mol. The average molecular weight is 179 g/mol. The zero-order chi connectivity index (χ0) is 6.41. The minimum atomic E-state index is 0.780. The molecule has 48 valence electrons. The summed E-state index contributed by atoms with van der Waals surface area (Å²) < 4.78 is 6.18. The molecule has 0 rings (SSSR count). The van der Waals surface area contributed by atoms with E-state index in [1.54, 1.807) is 0 Å². The Balaban J connectivity index is 3.06. The molecule has 1 nitrogen and oxygen atoms in total. The van der Waals surface area contributed by atoms with Crippen LogP contribution in [0, 0.1) is 0 Å². The van der Waals surface area contributed by atoms with Gasteiger partial charge in [0.1, 0.15) is 0 Å². The van der Waals surface area contributed by atoms with Gasteiger partial charge >= 0.3 is 58.2 Å². The van der Waals surface area contributed by atoms with E-state index in [-0.39, 0.29) is 0 Å². The van der Waals surface area contributed by atoms with Crippen molar-refractivity contribution in [1.82, 2.24) is 0 Å². The van der Waals surface area contributed by atoms with Gasteiger partial charge in [0.05, 0.1) is 0 Å². The SMILES string of the molecule is CCCC(=[Se])OCC. The molecule has 0 unspecified atom stereocenters. The summed E-state index contributed by atoms with van der Waals surface area (Å²) in [5.41, 5.74) is 0. The van der Waals surface area contributed by atoms with E-state index in [2.05, 4.69) is 22.5 Å². The van der Waals surface area contributed by atoms with Gasteiger partial charge in [-0.1, -0.05) is 0 Å². The predicted molar refractivity (Wildman–Crippen MR) is 37.3 cm³/mol. The molecule has 0 amide bonds. The summed E-state index contributed by atoms with van der Waals surface area (Å²) >= 11 is 2.87. The Kier molecular flexibility index (Phi) is 5.45. The van der Waals surface area contributed by atoms with E-state index in [4.69, 9.17) is 4.74 Å². The molecule has 2 heteroatoms. The number of hydrogen-bond acceptors (Lipinski definition) is 1. The van der Waals surface area contributed by atoms with Crippen molar-refractivity contribution in [3.8, 4) is 0 Å². The summed E-state index contributed by atoms with van der Waals surface area (Å²) in [6, 6.07) is 0. The molecule has 0 aromatic rings. The van der Waals surface area contributed by atoms with Crippen molar-refractivity contribution < 1.29 is 4.74 Å². The number of ether oxygens (including phenoxy) is 1. The van der Waals surface area contributed by atoms with Gasteiger partial charge in [0.25, 0.3) is 0 Å². The summed E-state index contributed by atoms with van der Waals surface area (Å²) in [7, 11) is 0. The van der Waals surface area contributed by atoms with Crippen LogP contribution in [0.15, 0.2) is 0 Å². The predicted octanol–water partition coefficient (Wildman–Crippen LogP) is 1.12. The molecule has 0 aromatic carbocycles. The first kappa shape index (κ1) is 8.19. The van der Waals surface area contributed by atoms with Crippen LogP contribution in [0.1, 0.15) is 26.7 Å². The van der Waals surface area contributed by atoms with Crippen LogP contribution < -0.4 is 0 Å². The Morgan fingerprint density at radius 2 is 2.12 bits per heavy atom. The van der Waals surface area contributed by atoms with Crippen LogP contribution in [-0.4, -0.2) is 26.8 Å². The third-order valence-electron chi connectivity index (χ3n) is 0.759. The van der Waals surface area contributed by atoms with Crippen LogP contribution in [0.4, 0.5) is 0 Å². The summed E-state index contributed by atoms with van der Waals surface area (Å²) in [6.07, 6.45) is 2.20. The fraction of sp³-hybridized carbons (Fsp3) is 0.833. The molecule has 0 fully saturated rings. The Labute approximate surface area is 58.8 Å². The maximum atomic E-state index is 5.14. The third kappa shape index (κ3) is 4.35. The van der Waals surface area contributed by atoms with Gasteiger partial charge in [-0.25, -0.2) is 0 Å². The first-order chi connectivity index (χ1) is 3.81. The Hall–Kier alpha value is 0.189. The number of hydrogen-bond donors (Lipinski definition) is 0. The van der Waals surface area contributed by atoms with E-state index in [0.717, 1.165) is 24.1 Å². The van der Waals surface area contributed by atoms with E-state index < -0.39 is 0 Å². The second kappa shape index (κ2) is 5.33. The van der Waals surface area contributed by atoms with Crippen molar-refractivity contribution in [1.29, 1.82) is 0 Å². The molecule has 0 saturated carbocycles. The summed E-state index contributed by atoms with van der Waals surface area (Å²) in [5.74, 6) is 0. The van der Waals surface area contributed by atoms with Gasteiger partial charge in [0, 0.05) is 0 Å². The fourth-order valence-electron chi connectivity index (χ4n) is 0.437. The van der Waals surface area contributed by atoms with Crippen LogP contribution in [0.2, 0.25) is 0 Å². The molecule has 0 heterocycles. The molecule has 0 aliphatic carbocycles. The van der Waals surface area contributed by atoms with Crippen LogP contribution in [0.3, 0.4) is 0 Å². The Morgan fingerprint density at radius 1 is 1.50 bits per heavy atom. The van der Waals surface area contributed by atoms with Crippen LogP contribution >= 0.6 is 0 Å². The van der Waals surface area contributed by atoms with Crippen LogP contribution in [0.25, 0.3) is 0 Å². The van der Waals surface area contributed by atoms with Gasteiger partial charge in [-0.05, 0) is 0 Å². The van der Waals surface area contributed by atoms with Gasteiger partial charge in [-0.2, -0.15) is 0 Å². The van der Waals surface area contributed by atoms with E-state index in [1.165, 1.54) is 0 Å². The number of rotatable bonds is 4. The van der Waals surface area contributed by atoms with Crippen molar-refractivity contribution in [2.75, 3.05) is 6.61 Å². The maximum absolute atomic E-state index is 5.14. The molecular formula is C6H12OSe. The molecule has 0 spiro atoms. The van der Waals surface area contributed by atoms with Gasteiger partial charge < -0.3 is 0 Å². The molecular weight excluding hydrogens is 167 g/mol. The van der Waals surface area contributed by atoms with E-state index in [9.17, 15) is 0 Å². The Bertz CT molecular complexity index is 62.9. The molecule has 0 bridgehead atoms. The molecule has 8 heavy (non-hydrogen) atoms. The molecule has 0 N–H and O–H groups in total. The van der Waals surface area contributed by atoms with E-state index in [1.807, 2.05) is 6.92 Å². The standard InChI is InChI=1S/C6H12OSe/c1-3-5-6(8)7-4-2/h3-5H2,1-2H3. The first-order valence-corrected chi connectivity index (χ1v) is 3.82. The zero-order valence-corrected chi connectivity index (χ0v) is 7.15. The molecule has 0 saturated heterocycles. The van der Waals surface area contributed by atoms with Gasteiger partial charge in [-0.15, -0.1) is 0 Å². The van der Waals surface area contributed by atoms with Crippen molar-refractivity contribution in [3.05, 3.63) is 0 Å². The fourth-order valence-corrected chi connectivity index (χ4v) is 1.11. The van der Waals surface area contributed by atoms with Gasteiger partial charge in [-0.3, -0.25) is 0 Å². The molecule has 0 atom stereocenters. The van der Waals surface area contributed by atoms with E-state index >= 15 is 0 Å². The van der Waals surface area contributed by atoms with Crippen molar-refractivity contribution in [2.24, 2.45) is 0 Å².